The zero-order valence-electron chi connectivity index (χ0n) is 17.5. The van der Waals surface area contributed by atoms with E-state index < -0.39 is 5.92 Å². The van der Waals surface area contributed by atoms with E-state index in [1.807, 2.05) is 27.7 Å². The van der Waals surface area contributed by atoms with Gasteiger partial charge in [-0.1, -0.05) is 26.0 Å². The third-order valence-corrected chi connectivity index (χ3v) is 5.40. The summed E-state index contributed by atoms with van der Waals surface area (Å²) in [4.78, 5) is 56.2. The number of rotatable bonds is 6. The molecule has 1 aliphatic carbocycles. The van der Waals surface area contributed by atoms with Gasteiger partial charge in [0.2, 0.25) is 0 Å². The number of imide groups is 1. The number of ketones is 2. The molecule has 3 rings (SSSR count). The molecule has 6 heteroatoms. The van der Waals surface area contributed by atoms with Crippen molar-refractivity contribution in [2.75, 3.05) is 6.54 Å². The number of amides is 2. The van der Waals surface area contributed by atoms with Crippen molar-refractivity contribution in [3.8, 4) is 0 Å². The monoisotopic (exact) mass is 396 g/mol. The number of benzene rings is 1. The van der Waals surface area contributed by atoms with Gasteiger partial charge < -0.3 is 0 Å². The lowest BCUT2D eigenvalue weighted by Crippen LogP contribution is -2.42. The zero-order chi connectivity index (χ0) is 21.3. The first kappa shape index (κ1) is 21.1. The highest BCUT2D eigenvalue weighted by Gasteiger charge is 2.41. The summed E-state index contributed by atoms with van der Waals surface area (Å²) < 4.78 is 0. The molecule has 2 amide bonds. The first-order chi connectivity index (χ1) is 13.6. The molecule has 1 unspecified atom stereocenters. The molecular weight excluding hydrogens is 368 g/mol. The zero-order valence-corrected chi connectivity index (χ0v) is 17.5. The van der Waals surface area contributed by atoms with Crippen molar-refractivity contribution in [1.82, 2.24) is 4.90 Å². The van der Waals surface area contributed by atoms with Crippen LogP contribution in [0.4, 0.5) is 0 Å². The van der Waals surface area contributed by atoms with E-state index in [2.05, 4.69) is 4.99 Å². The van der Waals surface area contributed by atoms with Crippen LogP contribution in [0.25, 0.3) is 0 Å². The van der Waals surface area contributed by atoms with Crippen molar-refractivity contribution in [3.63, 3.8) is 0 Å². The number of fused-ring (bicyclic) bond motifs is 1. The molecule has 29 heavy (non-hydrogen) atoms. The van der Waals surface area contributed by atoms with Gasteiger partial charge in [-0.05, 0) is 44.2 Å². The Morgan fingerprint density at radius 2 is 1.69 bits per heavy atom. The lowest BCUT2D eigenvalue weighted by molar-refractivity contribution is -0.132. The van der Waals surface area contributed by atoms with E-state index in [-0.39, 0.29) is 47.8 Å². The molecule has 0 radical (unpaired) electrons. The largest absolute Gasteiger partial charge is 0.298 e. The van der Waals surface area contributed by atoms with E-state index >= 15 is 0 Å². The number of nitrogens with zero attached hydrogens (tertiary/aromatic N) is 2. The molecule has 1 heterocycles. The Bertz CT molecular complexity index is 863. The lowest BCUT2D eigenvalue weighted by atomic mass is 9.69. The molecule has 1 saturated carbocycles. The highest BCUT2D eigenvalue weighted by atomic mass is 16.2. The summed E-state index contributed by atoms with van der Waals surface area (Å²) in [7, 11) is 0. The van der Waals surface area contributed by atoms with E-state index in [9.17, 15) is 19.2 Å². The van der Waals surface area contributed by atoms with Crippen molar-refractivity contribution >= 4 is 29.1 Å². The van der Waals surface area contributed by atoms with Gasteiger partial charge in [0.15, 0.2) is 0 Å². The fourth-order valence-electron chi connectivity index (χ4n) is 4.23. The van der Waals surface area contributed by atoms with E-state index in [1.165, 1.54) is 4.90 Å². The Balaban J connectivity index is 1.65. The second kappa shape index (κ2) is 8.01. The summed E-state index contributed by atoms with van der Waals surface area (Å²) >= 11 is 0. The average Bonchev–Trinajstić information content (AvgIpc) is 2.85. The Labute approximate surface area is 171 Å². The maximum absolute atomic E-state index is 12.9. The summed E-state index contributed by atoms with van der Waals surface area (Å²) in [6.07, 6.45) is 1.47. The minimum Gasteiger partial charge on any atom is -0.298 e. The second-order valence-electron chi connectivity index (χ2n) is 9.01. The van der Waals surface area contributed by atoms with Crippen LogP contribution in [0.1, 0.15) is 74.1 Å². The third-order valence-electron chi connectivity index (χ3n) is 5.40. The normalized spacial score (nSPS) is 22.5. The fraction of sp³-hybridized carbons (Fsp3) is 0.522. The van der Waals surface area contributed by atoms with Crippen molar-refractivity contribution in [1.29, 1.82) is 0 Å². The van der Waals surface area contributed by atoms with Crippen molar-refractivity contribution in [2.24, 2.45) is 16.3 Å². The number of hydrogen-bond acceptors (Lipinski definition) is 5. The second-order valence-corrected chi connectivity index (χ2v) is 9.01. The lowest BCUT2D eigenvalue weighted by Gasteiger charge is -2.34. The van der Waals surface area contributed by atoms with E-state index in [1.54, 1.807) is 24.3 Å². The number of aliphatic imine (C=N–C) groups is 1. The molecule has 0 bridgehead atoms. The number of hydrogen-bond donors (Lipinski definition) is 0. The molecule has 0 spiro atoms. The molecule has 0 saturated heterocycles. The van der Waals surface area contributed by atoms with Gasteiger partial charge >= 0.3 is 0 Å². The molecule has 1 fully saturated rings. The smallest absolute Gasteiger partial charge is 0.261 e. The highest BCUT2D eigenvalue weighted by molar-refractivity contribution is 6.23. The van der Waals surface area contributed by atoms with Gasteiger partial charge in [-0.25, -0.2) is 0 Å². The van der Waals surface area contributed by atoms with Crippen LogP contribution in [0.2, 0.25) is 0 Å². The predicted molar refractivity (Wildman–Crippen MR) is 110 cm³/mol. The summed E-state index contributed by atoms with van der Waals surface area (Å²) in [6, 6.07) is 6.74. The van der Waals surface area contributed by atoms with Gasteiger partial charge in [0, 0.05) is 31.1 Å². The maximum atomic E-state index is 12.9. The van der Waals surface area contributed by atoms with Crippen molar-refractivity contribution in [3.05, 3.63) is 35.4 Å². The quantitative estimate of drug-likeness (QED) is 0.544. The Morgan fingerprint density at radius 3 is 2.24 bits per heavy atom. The van der Waals surface area contributed by atoms with Gasteiger partial charge in [0.05, 0.1) is 11.1 Å². The van der Waals surface area contributed by atoms with Crippen molar-refractivity contribution < 1.29 is 19.2 Å². The van der Waals surface area contributed by atoms with Crippen LogP contribution in [-0.2, 0) is 9.59 Å². The maximum Gasteiger partial charge on any atom is 0.261 e. The van der Waals surface area contributed by atoms with Crippen molar-refractivity contribution in [2.45, 2.75) is 59.4 Å². The predicted octanol–water partition coefficient (Wildman–Crippen LogP) is 3.49. The van der Waals surface area contributed by atoms with Crippen LogP contribution in [0.3, 0.4) is 0 Å². The van der Waals surface area contributed by atoms with E-state index in [0.717, 1.165) is 0 Å². The number of carbonyl (C=O) groups excluding carboxylic acids is 4. The van der Waals surface area contributed by atoms with Crippen LogP contribution in [-0.4, -0.2) is 46.6 Å². The van der Waals surface area contributed by atoms with Crippen LogP contribution >= 0.6 is 0 Å². The van der Waals surface area contributed by atoms with Gasteiger partial charge in [-0.2, -0.15) is 0 Å². The molecule has 1 atom stereocenters. The minimum absolute atomic E-state index is 0.0142. The topological polar surface area (TPSA) is 83.9 Å². The Hall–Kier alpha value is -2.63. The molecule has 1 aliphatic heterocycles. The standard InChI is InChI=1S/C23H28N2O4/c1-14(2)24-17-12-23(3,4)13-19(27)20(17)18(26)10-7-11-25-21(28)15-8-5-6-9-16(15)22(25)29/h5-6,8-9,14,20H,7,10-13H2,1-4H3. The molecule has 2 aliphatic rings. The van der Waals surface area contributed by atoms with Gasteiger partial charge in [0.25, 0.3) is 11.8 Å². The van der Waals surface area contributed by atoms with Crippen LogP contribution in [0, 0.1) is 11.3 Å². The molecular formula is C23H28N2O4. The van der Waals surface area contributed by atoms with Crippen LogP contribution in [0.5, 0.6) is 0 Å². The van der Waals surface area contributed by atoms with Gasteiger partial charge in [-0.3, -0.25) is 29.1 Å². The van der Waals surface area contributed by atoms with Gasteiger partial charge in [0.1, 0.15) is 17.5 Å². The molecule has 0 aromatic heterocycles. The van der Waals surface area contributed by atoms with Crippen LogP contribution < -0.4 is 0 Å². The molecule has 1 aromatic rings. The molecule has 0 N–H and O–H groups in total. The summed E-state index contributed by atoms with van der Waals surface area (Å²) in [5, 5.41) is 0. The fourth-order valence-corrected chi connectivity index (χ4v) is 4.23. The number of Topliss-reactive ketones (excluding diaryl/α,β-unsaturated/α-hetero) is 2. The SMILES string of the molecule is CC(C)N=C1CC(C)(C)CC(=O)C1C(=O)CCCN1C(=O)c2ccccc2C1=O. The first-order valence-electron chi connectivity index (χ1n) is 10.2. The molecule has 6 nitrogen and oxygen atoms in total. The summed E-state index contributed by atoms with van der Waals surface area (Å²) in [6.45, 7) is 8.07. The Morgan fingerprint density at radius 1 is 1.10 bits per heavy atom. The third kappa shape index (κ3) is 4.36. The molecule has 1 aromatic carbocycles. The minimum atomic E-state index is -0.785. The van der Waals surface area contributed by atoms with E-state index in [0.29, 0.717) is 36.1 Å². The Kier molecular flexibility index (Phi) is 5.82. The van der Waals surface area contributed by atoms with Gasteiger partial charge in [-0.15, -0.1) is 0 Å². The van der Waals surface area contributed by atoms with Crippen LogP contribution in [0.15, 0.2) is 29.3 Å². The number of carbonyl (C=O) groups is 4. The average molecular weight is 396 g/mol. The summed E-state index contributed by atoms with van der Waals surface area (Å²) in [5.74, 6) is -1.67. The highest BCUT2D eigenvalue weighted by Crippen LogP contribution is 2.36. The first-order valence-corrected chi connectivity index (χ1v) is 10.2. The summed E-state index contributed by atoms with van der Waals surface area (Å²) in [5.41, 5.74) is 1.29. The molecule has 154 valence electrons. The van der Waals surface area contributed by atoms with E-state index in [4.69, 9.17) is 0 Å².